The summed E-state index contributed by atoms with van der Waals surface area (Å²) in [6.45, 7) is 2.04. The summed E-state index contributed by atoms with van der Waals surface area (Å²) in [7, 11) is 3.48. The van der Waals surface area contributed by atoms with E-state index in [0.29, 0.717) is 0 Å². The lowest BCUT2D eigenvalue weighted by molar-refractivity contribution is -0.123. The Hall–Kier alpha value is -1.57. The van der Waals surface area contributed by atoms with Gasteiger partial charge in [0.15, 0.2) is 0 Å². The lowest BCUT2D eigenvalue weighted by atomic mass is 10.1. The number of nitrogens with zero attached hydrogens (tertiary/aromatic N) is 1. The van der Waals surface area contributed by atoms with Gasteiger partial charge in [0.1, 0.15) is 0 Å². The Morgan fingerprint density at radius 3 is 2.29 bits per heavy atom. The quantitative estimate of drug-likeness (QED) is 0.652. The Balaban J connectivity index is 2.69. The molecule has 0 aliphatic carbocycles. The third kappa shape index (κ3) is 3.05. The highest BCUT2D eigenvalue weighted by Gasteiger charge is 1.96. The number of aryl methyl sites for hydroxylation is 1. The van der Waals surface area contributed by atoms with Gasteiger partial charge in [0.05, 0.1) is 0 Å². The maximum absolute atomic E-state index is 11.2. The van der Waals surface area contributed by atoms with Gasteiger partial charge in [-0.2, -0.15) is 0 Å². The van der Waals surface area contributed by atoms with Crippen LogP contribution in [0.4, 0.5) is 0 Å². The number of benzene rings is 1. The Kier molecular flexibility index (Phi) is 3.46. The molecule has 0 aromatic heterocycles. The van der Waals surface area contributed by atoms with E-state index in [1.165, 1.54) is 5.56 Å². The van der Waals surface area contributed by atoms with Crippen molar-refractivity contribution in [1.82, 2.24) is 4.90 Å². The molecule has 1 rings (SSSR count). The summed E-state index contributed by atoms with van der Waals surface area (Å²) in [5, 5.41) is 0. The maximum atomic E-state index is 11.2. The highest BCUT2D eigenvalue weighted by atomic mass is 16.2. The third-order valence-electron chi connectivity index (χ3n) is 1.94. The van der Waals surface area contributed by atoms with Crippen molar-refractivity contribution in [3.8, 4) is 0 Å². The Bertz CT molecular complexity index is 336. The number of hydrogen-bond acceptors (Lipinski definition) is 1. The van der Waals surface area contributed by atoms with Crippen molar-refractivity contribution < 1.29 is 4.79 Å². The first-order valence-electron chi connectivity index (χ1n) is 4.55. The monoisotopic (exact) mass is 189 g/mol. The van der Waals surface area contributed by atoms with Crippen LogP contribution in [0.25, 0.3) is 6.08 Å². The SMILES string of the molecule is Cc1ccc(/C=C/C(=O)N(C)C)cc1. The number of carbonyl (C=O) groups excluding carboxylic acids is 1. The van der Waals surface area contributed by atoms with Crippen LogP contribution < -0.4 is 0 Å². The molecule has 0 radical (unpaired) electrons. The van der Waals surface area contributed by atoms with Gasteiger partial charge in [0.25, 0.3) is 0 Å². The standard InChI is InChI=1S/C12H15NO/c1-10-4-6-11(7-5-10)8-9-12(14)13(2)3/h4-9H,1-3H3/b9-8+. The zero-order chi connectivity index (χ0) is 10.6. The molecule has 0 aliphatic heterocycles. The van der Waals surface area contributed by atoms with Crippen LogP contribution in [0.5, 0.6) is 0 Å². The minimum absolute atomic E-state index is 0.00516. The van der Waals surface area contributed by atoms with Gasteiger partial charge in [-0.05, 0) is 18.6 Å². The van der Waals surface area contributed by atoms with E-state index in [1.807, 2.05) is 37.3 Å². The van der Waals surface area contributed by atoms with Gasteiger partial charge in [-0.25, -0.2) is 0 Å². The lowest BCUT2D eigenvalue weighted by Gasteiger charge is -2.04. The van der Waals surface area contributed by atoms with Crippen molar-refractivity contribution in [2.45, 2.75) is 6.92 Å². The van der Waals surface area contributed by atoms with E-state index < -0.39 is 0 Å². The smallest absolute Gasteiger partial charge is 0.246 e. The van der Waals surface area contributed by atoms with E-state index in [4.69, 9.17) is 0 Å². The fourth-order valence-corrected chi connectivity index (χ4v) is 0.994. The van der Waals surface area contributed by atoms with Crippen LogP contribution >= 0.6 is 0 Å². The van der Waals surface area contributed by atoms with E-state index in [0.717, 1.165) is 5.56 Å². The minimum atomic E-state index is 0.00516. The molecule has 0 unspecified atom stereocenters. The summed E-state index contributed by atoms with van der Waals surface area (Å²) in [5.74, 6) is 0.00516. The second-order valence-corrected chi connectivity index (χ2v) is 3.48. The van der Waals surface area contributed by atoms with Gasteiger partial charge in [-0.15, -0.1) is 0 Å². The van der Waals surface area contributed by atoms with Crippen LogP contribution in [0.2, 0.25) is 0 Å². The van der Waals surface area contributed by atoms with Crippen LogP contribution in [0.3, 0.4) is 0 Å². The summed E-state index contributed by atoms with van der Waals surface area (Å²) in [6, 6.07) is 8.04. The van der Waals surface area contributed by atoms with E-state index in [2.05, 4.69) is 0 Å². The Morgan fingerprint density at radius 1 is 1.21 bits per heavy atom. The topological polar surface area (TPSA) is 20.3 Å². The lowest BCUT2D eigenvalue weighted by Crippen LogP contribution is -2.18. The molecule has 1 aromatic carbocycles. The summed E-state index contributed by atoms with van der Waals surface area (Å²) in [5.41, 5.74) is 2.27. The number of amides is 1. The predicted molar refractivity (Wildman–Crippen MR) is 58.9 cm³/mol. The third-order valence-corrected chi connectivity index (χ3v) is 1.94. The molecule has 0 N–H and O–H groups in total. The first kappa shape index (κ1) is 10.5. The van der Waals surface area contributed by atoms with Crippen molar-refractivity contribution in [3.63, 3.8) is 0 Å². The van der Waals surface area contributed by atoms with Gasteiger partial charge in [0, 0.05) is 20.2 Å². The summed E-state index contributed by atoms with van der Waals surface area (Å²) >= 11 is 0. The van der Waals surface area contributed by atoms with E-state index >= 15 is 0 Å². The molecule has 1 aromatic rings. The largest absolute Gasteiger partial charge is 0.345 e. The fourth-order valence-electron chi connectivity index (χ4n) is 0.994. The second-order valence-electron chi connectivity index (χ2n) is 3.48. The fraction of sp³-hybridized carbons (Fsp3) is 0.250. The molecule has 0 aliphatic rings. The molecule has 14 heavy (non-hydrogen) atoms. The van der Waals surface area contributed by atoms with E-state index in [1.54, 1.807) is 25.1 Å². The average molecular weight is 189 g/mol. The van der Waals surface area contributed by atoms with E-state index in [9.17, 15) is 4.79 Å². The number of likely N-dealkylation sites (N-methyl/N-ethyl adjacent to an activating group) is 1. The van der Waals surface area contributed by atoms with Crippen molar-refractivity contribution in [2.24, 2.45) is 0 Å². The van der Waals surface area contributed by atoms with Crippen molar-refractivity contribution >= 4 is 12.0 Å². The second kappa shape index (κ2) is 4.61. The molecular weight excluding hydrogens is 174 g/mol. The normalized spacial score (nSPS) is 10.5. The van der Waals surface area contributed by atoms with Gasteiger partial charge in [-0.1, -0.05) is 29.8 Å². The van der Waals surface area contributed by atoms with Gasteiger partial charge >= 0.3 is 0 Å². The molecule has 0 bridgehead atoms. The molecule has 0 saturated carbocycles. The highest BCUT2D eigenvalue weighted by Crippen LogP contribution is 2.04. The van der Waals surface area contributed by atoms with Crippen LogP contribution in [-0.2, 0) is 4.79 Å². The van der Waals surface area contributed by atoms with Crippen LogP contribution in [0, 0.1) is 6.92 Å². The first-order valence-corrected chi connectivity index (χ1v) is 4.55. The number of carbonyl (C=O) groups is 1. The molecule has 74 valence electrons. The summed E-state index contributed by atoms with van der Waals surface area (Å²) < 4.78 is 0. The van der Waals surface area contributed by atoms with Gasteiger partial charge < -0.3 is 4.90 Å². The minimum Gasteiger partial charge on any atom is -0.345 e. The zero-order valence-corrected chi connectivity index (χ0v) is 8.82. The molecule has 0 saturated heterocycles. The van der Waals surface area contributed by atoms with Gasteiger partial charge in [0.2, 0.25) is 5.91 Å². The van der Waals surface area contributed by atoms with E-state index in [-0.39, 0.29) is 5.91 Å². The number of hydrogen-bond donors (Lipinski definition) is 0. The van der Waals surface area contributed by atoms with Crippen LogP contribution in [0.15, 0.2) is 30.3 Å². The number of rotatable bonds is 2. The van der Waals surface area contributed by atoms with Gasteiger partial charge in [-0.3, -0.25) is 4.79 Å². The predicted octanol–water partition coefficient (Wildman–Crippen LogP) is 2.10. The van der Waals surface area contributed by atoms with Crippen LogP contribution in [-0.4, -0.2) is 24.9 Å². The molecule has 0 spiro atoms. The molecule has 0 fully saturated rings. The zero-order valence-electron chi connectivity index (χ0n) is 8.82. The van der Waals surface area contributed by atoms with Crippen LogP contribution in [0.1, 0.15) is 11.1 Å². The molecule has 2 nitrogen and oxygen atoms in total. The summed E-state index contributed by atoms with van der Waals surface area (Å²) in [6.07, 6.45) is 3.40. The summed E-state index contributed by atoms with van der Waals surface area (Å²) in [4.78, 5) is 12.8. The molecule has 2 heteroatoms. The Morgan fingerprint density at radius 2 is 1.79 bits per heavy atom. The Labute approximate surface area is 84.9 Å². The molecule has 0 heterocycles. The average Bonchev–Trinajstić information content (AvgIpc) is 2.16. The highest BCUT2D eigenvalue weighted by molar-refractivity contribution is 5.91. The molecule has 1 amide bonds. The van der Waals surface area contributed by atoms with Crippen molar-refractivity contribution in [3.05, 3.63) is 41.5 Å². The maximum Gasteiger partial charge on any atom is 0.246 e. The first-order chi connectivity index (χ1) is 6.59. The molecular formula is C12H15NO. The molecule has 0 atom stereocenters. The van der Waals surface area contributed by atoms with Crippen molar-refractivity contribution in [1.29, 1.82) is 0 Å². The van der Waals surface area contributed by atoms with Crippen molar-refractivity contribution in [2.75, 3.05) is 14.1 Å².